The molecule has 1 unspecified atom stereocenters. The molecule has 4 rings (SSSR count). The Morgan fingerprint density at radius 1 is 1.22 bits per heavy atom. The molecule has 0 N–H and O–H groups in total. The lowest BCUT2D eigenvalue weighted by molar-refractivity contribution is -0.128. The molecule has 1 amide bonds. The van der Waals surface area contributed by atoms with E-state index in [1.54, 1.807) is 30.2 Å². The van der Waals surface area contributed by atoms with Gasteiger partial charge in [-0.2, -0.15) is 4.98 Å². The van der Waals surface area contributed by atoms with Crippen molar-refractivity contribution in [2.75, 3.05) is 13.7 Å². The number of carbonyl (C=O) groups excluding carboxylic acids is 1. The monoisotopic (exact) mass is 367 g/mol. The Balaban J connectivity index is 1.51. The number of ether oxygens (including phenoxy) is 1. The number of likely N-dealkylation sites (tertiary alicyclic amines) is 1. The largest absolute Gasteiger partial charge is 0.496 e. The lowest BCUT2D eigenvalue weighted by atomic mass is 10.1. The van der Waals surface area contributed by atoms with Crippen LogP contribution in [0.4, 0.5) is 4.39 Å². The van der Waals surface area contributed by atoms with Gasteiger partial charge in [0.1, 0.15) is 11.6 Å². The van der Waals surface area contributed by atoms with Crippen molar-refractivity contribution >= 4 is 5.91 Å². The Morgan fingerprint density at radius 3 is 2.81 bits per heavy atom. The lowest BCUT2D eigenvalue weighted by Crippen LogP contribution is -2.24. The van der Waals surface area contributed by atoms with Crippen LogP contribution >= 0.6 is 0 Å². The number of carbonyl (C=O) groups is 1. The van der Waals surface area contributed by atoms with Gasteiger partial charge in [0.15, 0.2) is 0 Å². The van der Waals surface area contributed by atoms with Gasteiger partial charge in [-0.25, -0.2) is 4.39 Å². The van der Waals surface area contributed by atoms with Crippen LogP contribution in [0.5, 0.6) is 5.75 Å². The normalized spacial score (nSPS) is 16.7. The van der Waals surface area contributed by atoms with E-state index in [-0.39, 0.29) is 30.6 Å². The summed E-state index contributed by atoms with van der Waals surface area (Å²) in [4.78, 5) is 18.4. The van der Waals surface area contributed by atoms with Crippen molar-refractivity contribution in [2.45, 2.75) is 18.9 Å². The molecular weight excluding hydrogens is 349 g/mol. The van der Waals surface area contributed by atoms with Gasteiger partial charge in [-0.1, -0.05) is 35.5 Å². The molecule has 0 bridgehead atoms. The average Bonchev–Trinajstić information content (AvgIpc) is 3.31. The van der Waals surface area contributed by atoms with Crippen LogP contribution in [0.25, 0.3) is 11.4 Å². The maximum Gasteiger partial charge on any atom is 0.232 e. The minimum absolute atomic E-state index is 0.0553. The second-order valence-electron chi connectivity index (χ2n) is 6.42. The van der Waals surface area contributed by atoms with Crippen molar-refractivity contribution in [3.63, 3.8) is 0 Å². The number of hydrogen-bond donors (Lipinski definition) is 0. The molecular formula is C20H18FN3O3. The van der Waals surface area contributed by atoms with Crippen LogP contribution in [0.3, 0.4) is 0 Å². The topological polar surface area (TPSA) is 68.5 Å². The zero-order chi connectivity index (χ0) is 18.8. The summed E-state index contributed by atoms with van der Waals surface area (Å²) in [6, 6.07) is 13.9. The minimum atomic E-state index is -0.315. The maximum absolute atomic E-state index is 13.9. The molecule has 0 aliphatic carbocycles. The summed E-state index contributed by atoms with van der Waals surface area (Å²) >= 11 is 0. The molecule has 0 radical (unpaired) electrons. The molecule has 2 aromatic carbocycles. The van der Waals surface area contributed by atoms with Crippen molar-refractivity contribution in [3.05, 3.63) is 65.8 Å². The van der Waals surface area contributed by atoms with Crippen LogP contribution in [0, 0.1) is 5.82 Å². The van der Waals surface area contributed by atoms with Crippen LogP contribution in [0.1, 0.15) is 23.8 Å². The van der Waals surface area contributed by atoms with E-state index < -0.39 is 0 Å². The van der Waals surface area contributed by atoms with Gasteiger partial charge in [0.05, 0.1) is 18.6 Å². The maximum atomic E-state index is 13.9. The van der Waals surface area contributed by atoms with E-state index in [0.717, 1.165) is 5.56 Å². The number of nitrogens with zero attached hydrogens (tertiary/aromatic N) is 3. The number of benzene rings is 2. The van der Waals surface area contributed by atoms with Crippen molar-refractivity contribution < 1.29 is 18.4 Å². The molecule has 0 spiro atoms. The first-order chi connectivity index (χ1) is 13.2. The molecule has 1 aromatic heterocycles. The minimum Gasteiger partial charge on any atom is -0.496 e. The summed E-state index contributed by atoms with van der Waals surface area (Å²) in [5.74, 6) is 0.891. The average molecular weight is 367 g/mol. The smallest absolute Gasteiger partial charge is 0.232 e. The molecule has 1 saturated heterocycles. The Hall–Kier alpha value is -3.22. The van der Waals surface area contributed by atoms with Gasteiger partial charge in [-0.15, -0.1) is 0 Å². The van der Waals surface area contributed by atoms with Crippen molar-refractivity contribution in [3.8, 4) is 17.1 Å². The van der Waals surface area contributed by atoms with Crippen LogP contribution in [0.15, 0.2) is 53.1 Å². The highest BCUT2D eigenvalue weighted by molar-refractivity contribution is 5.79. The molecule has 2 heterocycles. The highest BCUT2D eigenvalue weighted by Gasteiger charge is 2.34. The Morgan fingerprint density at radius 2 is 2.00 bits per heavy atom. The molecule has 6 nitrogen and oxygen atoms in total. The third-order valence-electron chi connectivity index (χ3n) is 4.67. The van der Waals surface area contributed by atoms with E-state index in [4.69, 9.17) is 9.26 Å². The van der Waals surface area contributed by atoms with Crippen LogP contribution in [-0.4, -0.2) is 34.6 Å². The van der Waals surface area contributed by atoms with Gasteiger partial charge in [0.25, 0.3) is 0 Å². The molecule has 3 aromatic rings. The van der Waals surface area contributed by atoms with E-state index >= 15 is 0 Å². The summed E-state index contributed by atoms with van der Waals surface area (Å²) in [6.45, 7) is 0.649. The van der Waals surface area contributed by atoms with Crippen molar-refractivity contribution in [1.82, 2.24) is 15.0 Å². The quantitative estimate of drug-likeness (QED) is 0.691. The number of aromatic nitrogens is 2. The molecule has 7 heteroatoms. The number of methoxy groups -OCH3 is 1. The Bertz CT molecular complexity index is 972. The Kier molecular flexibility index (Phi) is 4.58. The fraction of sp³-hybridized carbons (Fsp3) is 0.250. The van der Waals surface area contributed by atoms with Crippen molar-refractivity contribution in [1.29, 1.82) is 0 Å². The second kappa shape index (κ2) is 7.19. The van der Waals surface area contributed by atoms with Gasteiger partial charge in [-0.3, -0.25) is 4.79 Å². The van der Waals surface area contributed by atoms with E-state index in [0.29, 0.717) is 29.6 Å². The number of halogens is 1. The van der Waals surface area contributed by atoms with Crippen LogP contribution < -0.4 is 4.74 Å². The Labute approximate surface area is 155 Å². The fourth-order valence-electron chi connectivity index (χ4n) is 3.26. The standard InChI is InChI=1S/C20H18FN3O3/c1-26-17-9-5-3-7-15(17)19-22-20(27-23-19)14-10-18(25)24(12-14)11-13-6-2-4-8-16(13)21/h2-9,14H,10-12H2,1H3. The zero-order valence-corrected chi connectivity index (χ0v) is 14.8. The number of rotatable bonds is 5. The second-order valence-corrected chi connectivity index (χ2v) is 6.42. The van der Waals surface area contributed by atoms with E-state index in [1.807, 2.05) is 24.3 Å². The number of para-hydroxylation sites is 1. The first kappa shape index (κ1) is 17.2. The van der Waals surface area contributed by atoms with Gasteiger partial charge in [0.2, 0.25) is 17.6 Å². The molecule has 1 aliphatic rings. The molecule has 1 atom stereocenters. The predicted octanol–water partition coefficient (Wildman–Crippen LogP) is 3.40. The SMILES string of the molecule is COc1ccccc1-c1noc(C2CC(=O)N(Cc3ccccc3F)C2)n1. The summed E-state index contributed by atoms with van der Waals surface area (Å²) in [7, 11) is 1.58. The zero-order valence-electron chi connectivity index (χ0n) is 14.8. The van der Waals surface area contributed by atoms with E-state index in [9.17, 15) is 9.18 Å². The summed E-state index contributed by atoms with van der Waals surface area (Å²) in [5.41, 5.74) is 1.22. The first-order valence-electron chi connectivity index (χ1n) is 8.64. The van der Waals surface area contributed by atoms with E-state index in [1.165, 1.54) is 6.07 Å². The van der Waals surface area contributed by atoms with E-state index in [2.05, 4.69) is 10.1 Å². The molecule has 27 heavy (non-hydrogen) atoms. The molecule has 0 saturated carbocycles. The highest BCUT2D eigenvalue weighted by atomic mass is 19.1. The van der Waals surface area contributed by atoms with Gasteiger partial charge in [0, 0.05) is 25.1 Å². The van der Waals surface area contributed by atoms with Crippen molar-refractivity contribution in [2.24, 2.45) is 0 Å². The molecule has 1 aliphatic heterocycles. The number of amides is 1. The van der Waals surface area contributed by atoms with Gasteiger partial charge in [-0.05, 0) is 18.2 Å². The molecule has 138 valence electrons. The summed E-state index contributed by atoms with van der Waals surface area (Å²) in [6.07, 6.45) is 0.266. The first-order valence-corrected chi connectivity index (χ1v) is 8.64. The molecule has 1 fully saturated rings. The highest BCUT2D eigenvalue weighted by Crippen LogP contribution is 2.32. The van der Waals surface area contributed by atoms with Crippen LogP contribution in [0.2, 0.25) is 0 Å². The third kappa shape index (κ3) is 3.40. The number of hydrogen-bond acceptors (Lipinski definition) is 5. The predicted molar refractivity (Wildman–Crippen MR) is 95.5 cm³/mol. The van der Waals surface area contributed by atoms with Gasteiger partial charge >= 0.3 is 0 Å². The summed E-state index contributed by atoms with van der Waals surface area (Å²) < 4.78 is 24.6. The lowest BCUT2D eigenvalue weighted by Gasteiger charge is -2.16. The summed E-state index contributed by atoms with van der Waals surface area (Å²) in [5, 5.41) is 4.03. The van der Waals surface area contributed by atoms with Gasteiger partial charge < -0.3 is 14.2 Å². The van der Waals surface area contributed by atoms with Crippen LogP contribution in [-0.2, 0) is 11.3 Å². The fourth-order valence-corrected chi connectivity index (χ4v) is 3.26. The third-order valence-corrected chi connectivity index (χ3v) is 4.67.